The van der Waals surface area contributed by atoms with E-state index in [4.69, 9.17) is 6.42 Å². The number of hydrogen-bond acceptors (Lipinski definition) is 0. The molecule has 1 rings (SSSR count). The van der Waals surface area contributed by atoms with Gasteiger partial charge in [0.2, 0.25) is 0 Å². The molecular weight excluding hydrogens is 204 g/mol. The molecule has 0 radical (unpaired) electrons. The Morgan fingerprint density at radius 3 is 2.88 bits per heavy atom. The van der Waals surface area contributed by atoms with E-state index in [2.05, 4.69) is 50.1 Å². The standard InChI is InChI=1S/C17H22/c1-5-7-8-10-16-12-14-17(3,4)13-11-15(16)9-6-2/h2,5,7,9-11,13H,8,12,14H2,1,3-4H3/b7-5+,15-9-,16-10-. The van der Waals surface area contributed by atoms with Gasteiger partial charge in [-0.05, 0) is 48.8 Å². The van der Waals surface area contributed by atoms with E-state index in [1.807, 2.05) is 13.0 Å². The van der Waals surface area contributed by atoms with Crippen molar-refractivity contribution in [2.24, 2.45) is 5.41 Å². The number of allylic oxidation sites excluding steroid dienone is 8. The third-order valence-electron chi connectivity index (χ3n) is 3.10. The predicted octanol–water partition coefficient (Wildman–Crippen LogP) is 4.81. The lowest BCUT2D eigenvalue weighted by molar-refractivity contribution is 0.442. The van der Waals surface area contributed by atoms with Gasteiger partial charge in [-0.15, -0.1) is 6.42 Å². The van der Waals surface area contributed by atoms with E-state index in [1.54, 1.807) is 0 Å². The van der Waals surface area contributed by atoms with Gasteiger partial charge in [-0.3, -0.25) is 0 Å². The minimum absolute atomic E-state index is 0.268. The SMILES string of the molecule is C#C/C=C1/C=CC(C)(C)CC/C1=C/C/C=C/C. The molecule has 1 aliphatic carbocycles. The number of rotatable bonds is 2. The zero-order chi connectivity index (χ0) is 12.7. The molecule has 0 spiro atoms. The maximum atomic E-state index is 5.39. The van der Waals surface area contributed by atoms with Gasteiger partial charge in [-0.25, -0.2) is 0 Å². The Morgan fingerprint density at radius 1 is 1.47 bits per heavy atom. The summed E-state index contributed by atoms with van der Waals surface area (Å²) >= 11 is 0. The topological polar surface area (TPSA) is 0 Å². The minimum Gasteiger partial charge on any atom is -0.115 e. The Labute approximate surface area is 106 Å². The van der Waals surface area contributed by atoms with E-state index in [0.29, 0.717) is 0 Å². The molecule has 0 aliphatic heterocycles. The van der Waals surface area contributed by atoms with Crippen LogP contribution in [-0.4, -0.2) is 0 Å². The zero-order valence-corrected chi connectivity index (χ0v) is 11.2. The summed E-state index contributed by atoms with van der Waals surface area (Å²) in [6.07, 6.45) is 21.5. The first kappa shape index (κ1) is 13.6. The molecule has 0 atom stereocenters. The van der Waals surface area contributed by atoms with E-state index < -0.39 is 0 Å². The predicted molar refractivity (Wildman–Crippen MR) is 76.6 cm³/mol. The smallest absolute Gasteiger partial charge is 0.00464 e. The normalized spacial score (nSPS) is 24.1. The number of hydrogen-bond donors (Lipinski definition) is 0. The Bertz CT molecular complexity index is 406. The minimum atomic E-state index is 0.268. The van der Waals surface area contributed by atoms with Gasteiger partial charge in [0.05, 0.1) is 0 Å². The highest BCUT2D eigenvalue weighted by molar-refractivity contribution is 5.45. The van der Waals surface area contributed by atoms with E-state index in [9.17, 15) is 0 Å². The molecule has 90 valence electrons. The summed E-state index contributed by atoms with van der Waals surface area (Å²) < 4.78 is 0. The molecule has 0 amide bonds. The van der Waals surface area contributed by atoms with Crippen molar-refractivity contribution in [3.05, 3.63) is 47.6 Å². The quantitative estimate of drug-likeness (QED) is 0.468. The first-order chi connectivity index (χ1) is 8.09. The molecular formula is C17H22. The van der Waals surface area contributed by atoms with Crippen molar-refractivity contribution in [1.82, 2.24) is 0 Å². The van der Waals surface area contributed by atoms with Gasteiger partial charge in [0.1, 0.15) is 0 Å². The van der Waals surface area contributed by atoms with Crippen LogP contribution in [0.5, 0.6) is 0 Å². The summed E-state index contributed by atoms with van der Waals surface area (Å²) in [4.78, 5) is 0. The summed E-state index contributed by atoms with van der Waals surface area (Å²) in [5.74, 6) is 2.64. The van der Waals surface area contributed by atoms with Crippen LogP contribution in [0, 0.1) is 17.8 Å². The maximum absolute atomic E-state index is 5.39. The van der Waals surface area contributed by atoms with Gasteiger partial charge < -0.3 is 0 Å². The molecule has 0 fully saturated rings. The highest BCUT2D eigenvalue weighted by atomic mass is 14.2. The fourth-order valence-electron chi connectivity index (χ4n) is 1.90. The molecule has 0 aromatic carbocycles. The number of terminal acetylenes is 1. The van der Waals surface area contributed by atoms with Crippen molar-refractivity contribution in [1.29, 1.82) is 0 Å². The lowest BCUT2D eigenvalue weighted by Gasteiger charge is -2.17. The highest BCUT2D eigenvalue weighted by Gasteiger charge is 2.18. The van der Waals surface area contributed by atoms with Crippen molar-refractivity contribution >= 4 is 0 Å². The van der Waals surface area contributed by atoms with Gasteiger partial charge >= 0.3 is 0 Å². The fraction of sp³-hybridized carbons (Fsp3) is 0.412. The molecule has 0 nitrogen and oxygen atoms in total. The average Bonchev–Trinajstić information content (AvgIpc) is 2.42. The fourth-order valence-corrected chi connectivity index (χ4v) is 1.90. The van der Waals surface area contributed by atoms with Gasteiger partial charge in [0.15, 0.2) is 0 Å². The Balaban J connectivity index is 2.96. The first-order valence-corrected chi connectivity index (χ1v) is 6.25. The van der Waals surface area contributed by atoms with Gasteiger partial charge in [0, 0.05) is 0 Å². The van der Waals surface area contributed by atoms with Gasteiger partial charge in [-0.2, -0.15) is 0 Å². The summed E-state index contributed by atoms with van der Waals surface area (Å²) in [6.45, 7) is 6.59. The summed E-state index contributed by atoms with van der Waals surface area (Å²) in [7, 11) is 0. The van der Waals surface area contributed by atoms with Crippen LogP contribution in [0.4, 0.5) is 0 Å². The van der Waals surface area contributed by atoms with Crippen LogP contribution in [0.2, 0.25) is 0 Å². The van der Waals surface area contributed by atoms with Crippen LogP contribution in [0.1, 0.15) is 40.0 Å². The van der Waals surface area contributed by atoms with Gasteiger partial charge in [0.25, 0.3) is 0 Å². The van der Waals surface area contributed by atoms with E-state index in [-0.39, 0.29) is 5.41 Å². The summed E-state index contributed by atoms with van der Waals surface area (Å²) in [6, 6.07) is 0. The third-order valence-corrected chi connectivity index (χ3v) is 3.10. The summed E-state index contributed by atoms with van der Waals surface area (Å²) in [5, 5.41) is 0. The van der Waals surface area contributed by atoms with Crippen LogP contribution < -0.4 is 0 Å². The Hall–Kier alpha value is -1.48. The third kappa shape index (κ3) is 4.49. The molecule has 0 saturated heterocycles. The van der Waals surface area contributed by atoms with Crippen molar-refractivity contribution in [2.45, 2.75) is 40.0 Å². The molecule has 0 saturated carbocycles. The van der Waals surface area contributed by atoms with Crippen LogP contribution in [0.25, 0.3) is 0 Å². The first-order valence-electron chi connectivity index (χ1n) is 6.25. The lowest BCUT2D eigenvalue weighted by Crippen LogP contribution is -2.05. The van der Waals surface area contributed by atoms with Crippen LogP contribution >= 0.6 is 0 Å². The molecule has 17 heavy (non-hydrogen) atoms. The van der Waals surface area contributed by atoms with E-state index >= 15 is 0 Å². The molecule has 1 aliphatic rings. The van der Waals surface area contributed by atoms with Crippen molar-refractivity contribution in [2.75, 3.05) is 0 Å². The summed E-state index contributed by atoms with van der Waals surface area (Å²) in [5.41, 5.74) is 2.84. The van der Waals surface area contributed by atoms with Crippen LogP contribution in [0.3, 0.4) is 0 Å². The Kier molecular flexibility index (Phi) is 5.04. The molecule has 0 aromatic rings. The monoisotopic (exact) mass is 226 g/mol. The Morgan fingerprint density at radius 2 is 2.24 bits per heavy atom. The molecule has 0 bridgehead atoms. The van der Waals surface area contributed by atoms with Crippen molar-refractivity contribution in [3.8, 4) is 12.3 Å². The van der Waals surface area contributed by atoms with Crippen molar-refractivity contribution in [3.63, 3.8) is 0 Å². The molecule has 0 N–H and O–H groups in total. The van der Waals surface area contributed by atoms with Crippen molar-refractivity contribution < 1.29 is 0 Å². The second-order valence-corrected chi connectivity index (χ2v) is 5.12. The molecule has 0 unspecified atom stereocenters. The van der Waals surface area contributed by atoms with E-state index in [1.165, 1.54) is 17.6 Å². The van der Waals surface area contributed by atoms with Crippen LogP contribution in [0.15, 0.2) is 47.6 Å². The molecule has 0 aromatic heterocycles. The lowest BCUT2D eigenvalue weighted by atomic mass is 9.88. The van der Waals surface area contributed by atoms with Crippen LogP contribution in [-0.2, 0) is 0 Å². The highest BCUT2D eigenvalue weighted by Crippen LogP contribution is 2.33. The maximum Gasteiger partial charge on any atom is -0.00464 e. The largest absolute Gasteiger partial charge is 0.115 e. The van der Waals surface area contributed by atoms with E-state index in [0.717, 1.165) is 12.8 Å². The second kappa shape index (κ2) is 6.30. The zero-order valence-electron chi connectivity index (χ0n) is 11.2. The second-order valence-electron chi connectivity index (χ2n) is 5.12. The average molecular weight is 226 g/mol. The van der Waals surface area contributed by atoms with Gasteiger partial charge in [-0.1, -0.05) is 50.1 Å². The molecule has 0 heterocycles. The molecule has 0 heteroatoms.